The maximum absolute atomic E-state index is 12.0. The van der Waals surface area contributed by atoms with Gasteiger partial charge in [0.25, 0.3) is 0 Å². The SMILES string of the molecule is CC1=CCC2C[C@]3(O)[C@H](C)[C@@H](OP(P(P)P)P(P)P(P)P)[C@H](O)C13C2(C)C. The molecule has 0 radical (unpaired) electrons. The van der Waals surface area contributed by atoms with Crippen LogP contribution in [0.1, 0.15) is 40.5 Å². The Hall–Kier alpha value is 3.49. The van der Waals surface area contributed by atoms with Gasteiger partial charge in [0, 0.05) is 12.9 Å². The van der Waals surface area contributed by atoms with Crippen molar-refractivity contribution in [3.05, 3.63) is 11.6 Å². The topological polar surface area (TPSA) is 49.7 Å². The Balaban J connectivity index is 2.02. The van der Waals surface area contributed by atoms with Gasteiger partial charge in [0.1, 0.15) is 0 Å². The molecule has 2 N–H and O–H groups in total. The lowest BCUT2D eigenvalue weighted by Crippen LogP contribution is -2.56. The van der Waals surface area contributed by atoms with E-state index < -0.39 is 31.6 Å². The van der Waals surface area contributed by atoms with E-state index in [1.165, 1.54) is 0 Å². The summed E-state index contributed by atoms with van der Waals surface area (Å²) in [5.74, 6) is 0.332. The van der Waals surface area contributed by atoms with E-state index in [1.807, 2.05) is 0 Å². The first-order valence-corrected chi connectivity index (χ1v) is 24.5. The van der Waals surface area contributed by atoms with Crippen LogP contribution in [0.25, 0.3) is 0 Å². The van der Waals surface area contributed by atoms with Gasteiger partial charge in [-0.25, -0.2) is 0 Å². The Morgan fingerprint density at radius 2 is 1.74 bits per heavy atom. The van der Waals surface area contributed by atoms with E-state index in [4.69, 9.17) is 4.52 Å². The molecule has 156 valence electrons. The highest BCUT2D eigenvalue weighted by Crippen LogP contribution is 3.06. The third kappa shape index (κ3) is 3.53. The predicted octanol–water partition coefficient (Wildman–Crippen LogP) is 7.03. The molecule has 27 heavy (non-hydrogen) atoms. The van der Waals surface area contributed by atoms with Crippen molar-refractivity contribution in [1.29, 1.82) is 0 Å². The summed E-state index contributed by atoms with van der Waals surface area (Å²) in [7, 11) is 14.1. The van der Waals surface area contributed by atoms with Crippen LogP contribution in [0.5, 0.6) is 0 Å². The molecular weight excluding hydrogens is 507 g/mol. The van der Waals surface area contributed by atoms with Crippen LogP contribution in [0.4, 0.5) is 0 Å². The highest BCUT2D eigenvalue weighted by molar-refractivity contribution is 9.07. The minimum Gasteiger partial charge on any atom is -0.389 e. The Kier molecular flexibility index (Phi) is 8.08. The zero-order valence-electron chi connectivity index (χ0n) is 16.3. The summed E-state index contributed by atoms with van der Waals surface area (Å²) in [5.41, 5.74) is -0.481. The summed E-state index contributed by atoms with van der Waals surface area (Å²) in [6.07, 6.45) is 3.04. The number of rotatable bonds is 5. The molecule has 2 fully saturated rings. The molecule has 0 aromatic rings. The van der Waals surface area contributed by atoms with Gasteiger partial charge < -0.3 is 14.7 Å². The summed E-state index contributed by atoms with van der Waals surface area (Å²) in [6.45, 7) is 7.71. The molecule has 0 aromatic carbocycles. The molecule has 0 saturated heterocycles. The molecular formula is C15H33O3P9. The fraction of sp³-hybridized carbons (Fsp3) is 0.867. The molecule has 13 atom stereocenters. The molecule has 9 unspecified atom stereocenters. The second kappa shape index (κ2) is 8.69. The van der Waals surface area contributed by atoms with Gasteiger partial charge in [-0.3, -0.25) is 0 Å². The molecule has 2 saturated carbocycles. The van der Waals surface area contributed by atoms with Gasteiger partial charge >= 0.3 is 0 Å². The maximum atomic E-state index is 12.0. The quantitative estimate of drug-likeness (QED) is 0.291. The Morgan fingerprint density at radius 3 is 2.26 bits per heavy atom. The molecule has 0 aromatic heterocycles. The van der Waals surface area contributed by atoms with Gasteiger partial charge in [-0.15, -0.1) is 35.7 Å². The Morgan fingerprint density at radius 1 is 1.15 bits per heavy atom. The van der Waals surface area contributed by atoms with E-state index >= 15 is 0 Å². The number of hydrogen-bond donors (Lipinski definition) is 2. The number of fused-ring (bicyclic) bond motifs is 1. The zero-order valence-corrected chi connectivity index (χ0v) is 25.6. The highest BCUT2D eigenvalue weighted by Gasteiger charge is 2.79. The van der Waals surface area contributed by atoms with E-state index in [2.05, 4.69) is 78.4 Å². The number of allylic oxidation sites excluding steroid dienone is 1. The molecule has 0 amide bonds. The normalized spacial score (nSPS) is 45.1. The number of hydrogen-bond acceptors (Lipinski definition) is 3. The van der Waals surface area contributed by atoms with Crippen LogP contribution in [0.3, 0.4) is 0 Å². The monoisotopic (exact) mass is 540 g/mol. The lowest BCUT2D eigenvalue weighted by molar-refractivity contribution is -0.116. The molecule has 12 heteroatoms. The van der Waals surface area contributed by atoms with Gasteiger partial charge in [-0.05, 0) is 45.1 Å². The molecule has 0 heterocycles. The van der Waals surface area contributed by atoms with Crippen molar-refractivity contribution < 1.29 is 14.7 Å². The lowest BCUT2D eigenvalue weighted by Gasteiger charge is -2.52. The van der Waals surface area contributed by atoms with Crippen LogP contribution in [-0.4, -0.2) is 28.0 Å². The van der Waals surface area contributed by atoms with Gasteiger partial charge in [-0.2, -0.15) is 0 Å². The third-order valence-corrected chi connectivity index (χ3v) is 47.6. The highest BCUT2D eigenvalue weighted by atomic mass is 33.1. The van der Waals surface area contributed by atoms with Crippen molar-refractivity contribution in [3.8, 4) is 0 Å². The second-order valence-electron chi connectivity index (χ2n) is 8.61. The van der Waals surface area contributed by atoms with Crippen molar-refractivity contribution >= 4 is 73.1 Å². The van der Waals surface area contributed by atoms with Crippen LogP contribution in [-0.2, 0) is 4.52 Å². The summed E-state index contributed by atoms with van der Waals surface area (Å²) in [6, 6.07) is 0. The maximum Gasteiger partial charge on any atom is 0.0949 e. The van der Waals surface area contributed by atoms with Gasteiger partial charge in [-0.1, -0.05) is 41.3 Å². The minimum atomic E-state index is -0.899. The predicted molar refractivity (Wildman–Crippen MR) is 144 cm³/mol. The van der Waals surface area contributed by atoms with Gasteiger partial charge in [0.2, 0.25) is 0 Å². The molecule has 0 aliphatic heterocycles. The summed E-state index contributed by atoms with van der Waals surface area (Å²) in [5, 5.41) is 23.8. The van der Waals surface area contributed by atoms with Crippen LogP contribution in [0.2, 0.25) is 0 Å². The minimum absolute atomic E-state index is 0.0816. The van der Waals surface area contributed by atoms with Gasteiger partial charge in [0.15, 0.2) is 0 Å². The molecule has 2 bridgehead atoms. The first-order valence-electron chi connectivity index (χ1n) is 9.02. The van der Waals surface area contributed by atoms with Crippen molar-refractivity contribution in [1.82, 2.24) is 0 Å². The fourth-order valence-corrected chi connectivity index (χ4v) is 50.1. The van der Waals surface area contributed by atoms with Crippen LogP contribution in [0, 0.1) is 22.7 Å². The zero-order chi connectivity index (χ0) is 20.5. The van der Waals surface area contributed by atoms with Crippen LogP contribution >= 0.6 is 73.1 Å². The van der Waals surface area contributed by atoms with E-state index in [0.717, 1.165) is 18.4 Å². The first-order chi connectivity index (χ1) is 12.3. The first kappa shape index (κ1) is 25.1. The van der Waals surface area contributed by atoms with Crippen molar-refractivity contribution in [2.75, 3.05) is 0 Å². The average Bonchev–Trinajstić information content (AvgIpc) is 2.76. The molecule has 3 nitrogen and oxygen atoms in total. The fourth-order valence-electron chi connectivity index (χ4n) is 6.14. The van der Waals surface area contributed by atoms with E-state index in [1.54, 1.807) is 0 Å². The van der Waals surface area contributed by atoms with Crippen LogP contribution < -0.4 is 0 Å². The Labute approximate surface area is 180 Å². The molecule has 3 aliphatic carbocycles. The van der Waals surface area contributed by atoms with E-state index in [-0.39, 0.29) is 31.4 Å². The lowest BCUT2D eigenvalue weighted by atomic mass is 9.54. The summed E-state index contributed by atoms with van der Waals surface area (Å²) < 4.78 is 6.76. The second-order valence-corrected chi connectivity index (χ2v) is 40.5. The smallest absolute Gasteiger partial charge is 0.0949 e. The van der Waals surface area contributed by atoms with Crippen molar-refractivity contribution in [3.63, 3.8) is 0 Å². The molecule has 3 aliphatic rings. The van der Waals surface area contributed by atoms with Crippen molar-refractivity contribution in [2.24, 2.45) is 22.7 Å². The van der Waals surface area contributed by atoms with Gasteiger partial charge in [0.05, 0.1) is 30.7 Å². The molecule has 3 rings (SSSR count). The van der Waals surface area contributed by atoms with E-state index in [0.29, 0.717) is 5.92 Å². The number of aliphatic hydroxyl groups is 2. The standard InChI is InChI=1S/C15H33O3P9/c1-8-5-6-10-7-14(17)9(2)11(12(16)15(8,14)13(10,3)4)18-24(25(19)20)27(23)26(21)22/h5,9-12,16-17H,6-7,19-23H2,1-4H3/t9-,10?,11-,12+,14+,15?,24?,27?/m1/s1. The summed E-state index contributed by atoms with van der Waals surface area (Å²) >= 11 is 0. The van der Waals surface area contributed by atoms with Crippen LogP contribution in [0.15, 0.2) is 11.6 Å². The third-order valence-electron chi connectivity index (χ3n) is 7.43. The molecule has 1 spiro atoms. The Bertz CT molecular complexity index is 630. The largest absolute Gasteiger partial charge is 0.389 e. The van der Waals surface area contributed by atoms with Crippen molar-refractivity contribution in [2.45, 2.75) is 58.3 Å². The van der Waals surface area contributed by atoms with E-state index in [9.17, 15) is 10.2 Å². The summed E-state index contributed by atoms with van der Waals surface area (Å²) in [4.78, 5) is 0. The number of aliphatic hydroxyl groups excluding tert-OH is 1. The average molecular weight is 540 g/mol.